The Kier molecular flexibility index (Phi) is 6.05. The Bertz CT molecular complexity index is 502. The molecule has 0 spiro atoms. The quantitative estimate of drug-likeness (QED) is 0.592. The summed E-state index contributed by atoms with van der Waals surface area (Å²) in [6.45, 7) is 1.72. The number of methoxy groups -OCH3 is 1. The maximum Gasteiger partial charge on any atom is 0.127 e. The van der Waals surface area contributed by atoms with Gasteiger partial charge in [0.1, 0.15) is 11.5 Å². The number of rotatable bonds is 8. The number of hydrogen-bond acceptors (Lipinski definition) is 4. The second kappa shape index (κ2) is 8.32. The van der Waals surface area contributed by atoms with E-state index in [1.165, 1.54) is 0 Å². The summed E-state index contributed by atoms with van der Waals surface area (Å²) in [6, 6.07) is 17.6. The lowest BCUT2D eigenvalue weighted by atomic mass is 10.2. The summed E-state index contributed by atoms with van der Waals surface area (Å²) >= 11 is 0. The molecule has 0 atom stereocenters. The standard InChI is InChI=1S/C16H19NO3/c1-18-10-11-19-17-13-14-6-5-9-16(12-14)20-15-7-3-2-4-8-15/h2-9,12,17H,10-11,13H2,1H3. The van der Waals surface area contributed by atoms with Crippen molar-refractivity contribution in [1.82, 2.24) is 5.48 Å². The van der Waals surface area contributed by atoms with Crippen LogP contribution in [0.2, 0.25) is 0 Å². The van der Waals surface area contributed by atoms with Gasteiger partial charge in [0.25, 0.3) is 0 Å². The molecule has 0 aliphatic carbocycles. The molecule has 0 amide bonds. The molecular formula is C16H19NO3. The number of para-hydroxylation sites is 1. The smallest absolute Gasteiger partial charge is 0.127 e. The van der Waals surface area contributed by atoms with Crippen LogP contribution in [0.1, 0.15) is 5.56 Å². The molecule has 20 heavy (non-hydrogen) atoms. The summed E-state index contributed by atoms with van der Waals surface area (Å²) in [7, 11) is 1.65. The van der Waals surface area contributed by atoms with Crippen molar-refractivity contribution < 1.29 is 14.3 Å². The lowest BCUT2D eigenvalue weighted by molar-refractivity contribution is 0.00345. The summed E-state index contributed by atoms with van der Waals surface area (Å²) in [6.07, 6.45) is 0. The number of nitrogens with one attached hydrogen (secondary N) is 1. The normalized spacial score (nSPS) is 10.4. The van der Waals surface area contributed by atoms with E-state index in [0.717, 1.165) is 17.1 Å². The van der Waals surface area contributed by atoms with Gasteiger partial charge in [-0.1, -0.05) is 30.3 Å². The second-order valence-electron chi connectivity index (χ2n) is 4.22. The monoisotopic (exact) mass is 273 g/mol. The van der Waals surface area contributed by atoms with Crippen molar-refractivity contribution in [3.8, 4) is 11.5 Å². The highest BCUT2D eigenvalue weighted by Crippen LogP contribution is 2.21. The van der Waals surface area contributed by atoms with Crippen LogP contribution < -0.4 is 10.2 Å². The topological polar surface area (TPSA) is 39.7 Å². The molecule has 1 N–H and O–H groups in total. The molecule has 0 saturated carbocycles. The Hall–Kier alpha value is -1.88. The molecule has 0 fully saturated rings. The van der Waals surface area contributed by atoms with Crippen LogP contribution in [0.3, 0.4) is 0 Å². The van der Waals surface area contributed by atoms with E-state index in [4.69, 9.17) is 14.3 Å². The van der Waals surface area contributed by atoms with E-state index in [-0.39, 0.29) is 0 Å². The molecule has 4 heteroatoms. The first-order valence-corrected chi connectivity index (χ1v) is 6.54. The third-order valence-corrected chi connectivity index (χ3v) is 2.65. The second-order valence-corrected chi connectivity index (χ2v) is 4.22. The molecule has 4 nitrogen and oxygen atoms in total. The molecule has 2 rings (SSSR count). The zero-order chi connectivity index (χ0) is 14.0. The van der Waals surface area contributed by atoms with Crippen LogP contribution in [0.25, 0.3) is 0 Å². The van der Waals surface area contributed by atoms with Crippen LogP contribution in [0.4, 0.5) is 0 Å². The van der Waals surface area contributed by atoms with Crippen LogP contribution in [-0.2, 0) is 16.1 Å². The summed E-state index contributed by atoms with van der Waals surface area (Å²) in [5.41, 5.74) is 3.99. The van der Waals surface area contributed by atoms with Gasteiger partial charge in [-0.25, -0.2) is 0 Å². The van der Waals surface area contributed by atoms with Crippen molar-refractivity contribution in [3.63, 3.8) is 0 Å². The van der Waals surface area contributed by atoms with E-state index >= 15 is 0 Å². The predicted octanol–water partition coefficient (Wildman–Crippen LogP) is 3.15. The van der Waals surface area contributed by atoms with Gasteiger partial charge < -0.3 is 9.47 Å². The van der Waals surface area contributed by atoms with E-state index in [9.17, 15) is 0 Å². The third kappa shape index (κ3) is 5.01. The van der Waals surface area contributed by atoms with Gasteiger partial charge in [-0.3, -0.25) is 4.84 Å². The Morgan fingerprint density at radius 1 is 0.900 bits per heavy atom. The minimum atomic E-state index is 0.525. The van der Waals surface area contributed by atoms with Crippen molar-refractivity contribution in [3.05, 3.63) is 60.2 Å². The van der Waals surface area contributed by atoms with Gasteiger partial charge in [0.2, 0.25) is 0 Å². The van der Waals surface area contributed by atoms with Gasteiger partial charge in [-0.15, -0.1) is 0 Å². The fraction of sp³-hybridized carbons (Fsp3) is 0.250. The van der Waals surface area contributed by atoms with Crippen molar-refractivity contribution >= 4 is 0 Å². The molecule has 0 saturated heterocycles. The molecule has 0 aliphatic heterocycles. The zero-order valence-electron chi connectivity index (χ0n) is 11.5. The molecular weight excluding hydrogens is 254 g/mol. The van der Waals surface area contributed by atoms with E-state index < -0.39 is 0 Å². The van der Waals surface area contributed by atoms with Crippen molar-refractivity contribution in [1.29, 1.82) is 0 Å². The van der Waals surface area contributed by atoms with E-state index in [1.54, 1.807) is 7.11 Å². The Labute approximate surface area is 119 Å². The fourth-order valence-corrected chi connectivity index (χ4v) is 1.68. The minimum absolute atomic E-state index is 0.525. The van der Waals surface area contributed by atoms with Gasteiger partial charge >= 0.3 is 0 Å². The van der Waals surface area contributed by atoms with Crippen molar-refractivity contribution in [2.45, 2.75) is 6.54 Å². The highest BCUT2D eigenvalue weighted by atomic mass is 16.7. The molecule has 106 valence electrons. The Balaban J connectivity index is 1.84. The highest BCUT2D eigenvalue weighted by Gasteiger charge is 1.99. The molecule has 0 heterocycles. The van der Waals surface area contributed by atoms with Crippen LogP contribution >= 0.6 is 0 Å². The maximum atomic E-state index is 5.78. The first-order valence-electron chi connectivity index (χ1n) is 6.54. The first-order chi connectivity index (χ1) is 9.88. The number of benzene rings is 2. The molecule has 2 aromatic carbocycles. The van der Waals surface area contributed by atoms with E-state index in [1.807, 2.05) is 54.6 Å². The predicted molar refractivity (Wildman–Crippen MR) is 77.6 cm³/mol. The Morgan fingerprint density at radius 3 is 2.50 bits per heavy atom. The van der Waals surface area contributed by atoms with Gasteiger partial charge in [0.05, 0.1) is 13.2 Å². The third-order valence-electron chi connectivity index (χ3n) is 2.65. The summed E-state index contributed by atoms with van der Waals surface area (Å²) < 4.78 is 10.7. The average molecular weight is 273 g/mol. The van der Waals surface area contributed by atoms with Crippen LogP contribution in [0.5, 0.6) is 11.5 Å². The minimum Gasteiger partial charge on any atom is -0.457 e. The first kappa shape index (κ1) is 14.5. The number of hydroxylamine groups is 1. The van der Waals surface area contributed by atoms with Gasteiger partial charge in [-0.2, -0.15) is 5.48 Å². The highest BCUT2D eigenvalue weighted by molar-refractivity contribution is 5.33. The SMILES string of the molecule is COCCONCc1cccc(Oc2ccccc2)c1. The molecule has 0 aromatic heterocycles. The van der Waals surface area contributed by atoms with Crippen molar-refractivity contribution in [2.24, 2.45) is 0 Å². The Morgan fingerprint density at radius 2 is 1.70 bits per heavy atom. The van der Waals surface area contributed by atoms with E-state index in [2.05, 4.69) is 5.48 Å². The summed E-state index contributed by atoms with van der Waals surface area (Å²) in [5.74, 6) is 1.64. The van der Waals surface area contributed by atoms with Gasteiger partial charge in [0, 0.05) is 13.7 Å². The van der Waals surface area contributed by atoms with Crippen LogP contribution in [0, 0.1) is 0 Å². The van der Waals surface area contributed by atoms with Crippen LogP contribution in [0.15, 0.2) is 54.6 Å². The summed E-state index contributed by atoms with van der Waals surface area (Å²) in [4.78, 5) is 5.22. The van der Waals surface area contributed by atoms with E-state index in [0.29, 0.717) is 19.8 Å². The van der Waals surface area contributed by atoms with Gasteiger partial charge in [-0.05, 0) is 29.8 Å². The molecule has 0 bridgehead atoms. The molecule has 0 radical (unpaired) electrons. The number of hydrogen-bond donors (Lipinski definition) is 1. The molecule has 2 aromatic rings. The summed E-state index contributed by atoms with van der Waals surface area (Å²) in [5, 5.41) is 0. The van der Waals surface area contributed by atoms with Crippen LogP contribution in [-0.4, -0.2) is 20.3 Å². The fourth-order valence-electron chi connectivity index (χ4n) is 1.68. The lowest BCUT2D eigenvalue weighted by Crippen LogP contribution is -2.17. The van der Waals surface area contributed by atoms with Gasteiger partial charge in [0.15, 0.2) is 0 Å². The molecule has 0 aliphatic rings. The average Bonchev–Trinajstić information content (AvgIpc) is 2.48. The maximum absolute atomic E-state index is 5.78. The largest absolute Gasteiger partial charge is 0.457 e. The molecule has 0 unspecified atom stereocenters. The van der Waals surface area contributed by atoms with Crippen molar-refractivity contribution in [2.75, 3.05) is 20.3 Å². The number of ether oxygens (including phenoxy) is 2. The zero-order valence-corrected chi connectivity index (χ0v) is 11.5. The lowest BCUT2D eigenvalue weighted by Gasteiger charge is -2.08.